The molecule has 1 aromatic rings. The van der Waals surface area contributed by atoms with Crippen LogP contribution in [0.15, 0.2) is 29.4 Å². The van der Waals surface area contributed by atoms with E-state index in [2.05, 4.69) is 29.7 Å². The van der Waals surface area contributed by atoms with Gasteiger partial charge in [-0.3, -0.25) is 5.43 Å². The average Bonchev–Trinajstić information content (AvgIpc) is 2.37. The van der Waals surface area contributed by atoms with Gasteiger partial charge in [0.15, 0.2) is 5.11 Å². The zero-order valence-electron chi connectivity index (χ0n) is 10.8. The van der Waals surface area contributed by atoms with Gasteiger partial charge in [0, 0.05) is 11.4 Å². The first kappa shape index (κ1) is 14.6. The molecule has 0 amide bonds. The Labute approximate surface area is 112 Å². The van der Waals surface area contributed by atoms with Crippen LogP contribution in [-0.2, 0) is 0 Å². The van der Waals surface area contributed by atoms with Gasteiger partial charge in [0.25, 0.3) is 0 Å². The molecule has 5 heteroatoms. The Morgan fingerprint density at radius 3 is 2.56 bits per heavy atom. The minimum atomic E-state index is -0.273. The largest absolute Gasteiger partial charge is 0.331 e. The molecule has 0 heterocycles. The second kappa shape index (κ2) is 7.06. The summed E-state index contributed by atoms with van der Waals surface area (Å²) < 4.78 is 12.7. The van der Waals surface area contributed by atoms with Crippen LogP contribution < -0.4 is 10.7 Å². The summed E-state index contributed by atoms with van der Waals surface area (Å²) in [6, 6.07) is 5.99. The van der Waals surface area contributed by atoms with Gasteiger partial charge < -0.3 is 5.32 Å². The molecular formula is C13H18FN3S. The molecular weight excluding hydrogens is 249 g/mol. The molecule has 1 atom stereocenters. The summed E-state index contributed by atoms with van der Waals surface area (Å²) in [5, 5.41) is 7.52. The van der Waals surface area contributed by atoms with Crippen LogP contribution in [0.4, 0.5) is 10.1 Å². The van der Waals surface area contributed by atoms with Gasteiger partial charge in [-0.15, -0.1) is 0 Å². The molecule has 0 aliphatic carbocycles. The van der Waals surface area contributed by atoms with E-state index in [0.29, 0.717) is 11.0 Å². The van der Waals surface area contributed by atoms with Crippen molar-refractivity contribution in [2.75, 3.05) is 5.32 Å². The fraction of sp³-hybridized carbons (Fsp3) is 0.385. The number of thiocarbonyl (C=S) groups is 1. The fourth-order valence-electron chi connectivity index (χ4n) is 1.24. The van der Waals surface area contributed by atoms with Gasteiger partial charge >= 0.3 is 0 Å². The molecule has 0 aliphatic heterocycles. The number of anilines is 1. The lowest BCUT2D eigenvalue weighted by molar-refractivity contribution is 0.628. The number of hydrogen-bond acceptors (Lipinski definition) is 2. The summed E-state index contributed by atoms with van der Waals surface area (Å²) in [5.41, 5.74) is 4.50. The first-order valence-corrected chi connectivity index (χ1v) is 6.30. The van der Waals surface area contributed by atoms with Crippen LogP contribution in [0.2, 0.25) is 0 Å². The van der Waals surface area contributed by atoms with Crippen molar-refractivity contribution < 1.29 is 4.39 Å². The third-order valence-electron chi connectivity index (χ3n) is 2.76. The second-order valence-electron chi connectivity index (χ2n) is 4.14. The van der Waals surface area contributed by atoms with E-state index < -0.39 is 0 Å². The van der Waals surface area contributed by atoms with E-state index in [4.69, 9.17) is 12.2 Å². The predicted molar refractivity (Wildman–Crippen MR) is 78.3 cm³/mol. The third kappa shape index (κ3) is 4.79. The van der Waals surface area contributed by atoms with Gasteiger partial charge in [0.05, 0.1) is 0 Å². The van der Waals surface area contributed by atoms with Crippen LogP contribution in [0.25, 0.3) is 0 Å². The van der Waals surface area contributed by atoms with Crippen molar-refractivity contribution in [1.29, 1.82) is 0 Å². The van der Waals surface area contributed by atoms with E-state index in [1.54, 1.807) is 12.1 Å². The molecule has 0 spiro atoms. The van der Waals surface area contributed by atoms with Gasteiger partial charge in [-0.2, -0.15) is 5.10 Å². The van der Waals surface area contributed by atoms with Crippen molar-refractivity contribution in [3.63, 3.8) is 0 Å². The van der Waals surface area contributed by atoms with Crippen molar-refractivity contribution in [1.82, 2.24) is 5.43 Å². The molecule has 0 aliphatic rings. The molecule has 18 heavy (non-hydrogen) atoms. The Morgan fingerprint density at radius 2 is 2.00 bits per heavy atom. The maximum Gasteiger partial charge on any atom is 0.191 e. The summed E-state index contributed by atoms with van der Waals surface area (Å²) in [4.78, 5) is 0. The Hall–Kier alpha value is -1.49. The summed E-state index contributed by atoms with van der Waals surface area (Å²) in [6.07, 6.45) is 1.04. The second-order valence-corrected chi connectivity index (χ2v) is 4.54. The van der Waals surface area contributed by atoms with Gasteiger partial charge in [-0.1, -0.05) is 13.8 Å². The van der Waals surface area contributed by atoms with Crippen LogP contribution in [0.3, 0.4) is 0 Å². The molecule has 0 fully saturated rings. The molecule has 0 saturated heterocycles. The molecule has 0 saturated carbocycles. The maximum absolute atomic E-state index is 12.7. The highest BCUT2D eigenvalue weighted by molar-refractivity contribution is 7.80. The van der Waals surface area contributed by atoms with Gasteiger partial charge in [-0.05, 0) is 55.7 Å². The lowest BCUT2D eigenvalue weighted by Crippen LogP contribution is -2.25. The van der Waals surface area contributed by atoms with Gasteiger partial charge in [-0.25, -0.2) is 4.39 Å². The normalized spacial score (nSPS) is 13.0. The fourth-order valence-corrected chi connectivity index (χ4v) is 1.40. The molecule has 0 bridgehead atoms. The van der Waals surface area contributed by atoms with E-state index in [-0.39, 0.29) is 5.82 Å². The summed E-state index contributed by atoms with van der Waals surface area (Å²) in [7, 11) is 0. The minimum absolute atomic E-state index is 0.273. The number of nitrogens with zero attached hydrogens (tertiary/aromatic N) is 1. The highest BCUT2D eigenvalue weighted by Gasteiger charge is 2.03. The van der Waals surface area contributed by atoms with Crippen LogP contribution in [0.5, 0.6) is 0 Å². The minimum Gasteiger partial charge on any atom is -0.331 e. The van der Waals surface area contributed by atoms with Crippen molar-refractivity contribution in [3.05, 3.63) is 30.1 Å². The first-order chi connectivity index (χ1) is 8.52. The number of halogens is 1. The van der Waals surface area contributed by atoms with E-state index >= 15 is 0 Å². The molecule has 0 unspecified atom stereocenters. The van der Waals surface area contributed by atoms with Crippen molar-refractivity contribution in [3.8, 4) is 0 Å². The van der Waals surface area contributed by atoms with Crippen LogP contribution in [-0.4, -0.2) is 10.8 Å². The summed E-state index contributed by atoms with van der Waals surface area (Å²) in [5.74, 6) is 0.149. The van der Waals surface area contributed by atoms with Gasteiger partial charge in [0.1, 0.15) is 5.82 Å². The topological polar surface area (TPSA) is 36.4 Å². The van der Waals surface area contributed by atoms with Crippen LogP contribution >= 0.6 is 12.2 Å². The third-order valence-corrected chi connectivity index (χ3v) is 2.95. The van der Waals surface area contributed by atoms with E-state index in [9.17, 15) is 4.39 Å². The molecule has 98 valence electrons. The quantitative estimate of drug-likeness (QED) is 0.498. The molecule has 0 radical (unpaired) electrons. The Bertz CT molecular complexity index is 428. The predicted octanol–water partition coefficient (Wildman–Crippen LogP) is 3.53. The lowest BCUT2D eigenvalue weighted by atomic mass is 10.1. The Kier molecular flexibility index (Phi) is 5.71. The maximum atomic E-state index is 12.7. The van der Waals surface area contributed by atoms with Gasteiger partial charge in [0.2, 0.25) is 0 Å². The SMILES string of the molecule is CC[C@H](C)/C(C)=N\NC(=S)Nc1ccc(F)cc1. The highest BCUT2D eigenvalue weighted by atomic mass is 32.1. The molecule has 2 N–H and O–H groups in total. The van der Waals surface area contributed by atoms with Crippen LogP contribution in [0.1, 0.15) is 27.2 Å². The van der Waals surface area contributed by atoms with Crippen molar-refractivity contribution in [2.45, 2.75) is 27.2 Å². The summed E-state index contributed by atoms with van der Waals surface area (Å²) >= 11 is 5.09. The summed E-state index contributed by atoms with van der Waals surface area (Å²) in [6.45, 7) is 6.18. The number of benzene rings is 1. The van der Waals surface area contributed by atoms with E-state index in [1.165, 1.54) is 12.1 Å². The number of rotatable bonds is 4. The number of hydrazone groups is 1. The lowest BCUT2D eigenvalue weighted by Gasteiger charge is -2.10. The number of hydrogen-bond donors (Lipinski definition) is 2. The standard InChI is InChI=1S/C13H18FN3S/c1-4-9(2)10(3)16-17-13(18)15-12-7-5-11(14)6-8-12/h5-9H,4H2,1-3H3,(H2,15,17,18)/b16-10-/t9-/m0/s1. The Balaban J connectivity index is 2.49. The van der Waals surface area contributed by atoms with Crippen LogP contribution in [0, 0.1) is 11.7 Å². The van der Waals surface area contributed by atoms with E-state index in [0.717, 1.165) is 17.8 Å². The van der Waals surface area contributed by atoms with Crippen molar-refractivity contribution >= 4 is 28.7 Å². The number of nitrogens with one attached hydrogen (secondary N) is 2. The molecule has 0 aromatic heterocycles. The zero-order valence-corrected chi connectivity index (χ0v) is 11.6. The molecule has 1 aromatic carbocycles. The molecule has 1 rings (SSSR count). The van der Waals surface area contributed by atoms with E-state index in [1.807, 2.05) is 6.92 Å². The monoisotopic (exact) mass is 267 g/mol. The highest BCUT2D eigenvalue weighted by Crippen LogP contribution is 2.08. The molecule has 3 nitrogen and oxygen atoms in total. The smallest absolute Gasteiger partial charge is 0.191 e. The first-order valence-electron chi connectivity index (χ1n) is 5.89. The average molecular weight is 267 g/mol. The Morgan fingerprint density at radius 1 is 1.39 bits per heavy atom. The van der Waals surface area contributed by atoms with Crippen molar-refractivity contribution in [2.24, 2.45) is 11.0 Å². The zero-order chi connectivity index (χ0) is 13.5.